The van der Waals surface area contributed by atoms with Gasteiger partial charge in [0.05, 0.1) is 11.6 Å². The van der Waals surface area contributed by atoms with Crippen molar-refractivity contribution in [1.82, 2.24) is 9.88 Å². The molecular weight excluding hydrogens is 304 g/mol. The van der Waals surface area contributed by atoms with Crippen molar-refractivity contribution in [2.75, 3.05) is 6.54 Å². The van der Waals surface area contributed by atoms with Crippen molar-refractivity contribution in [3.05, 3.63) is 27.9 Å². The molecule has 3 heterocycles. The summed E-state index contributed by atoms with van der Waals surface area (Å²) < 4.78 is 0. The molecule has 0 spiro atoms. The summed E-state index contributed by atoms with van der Waals surface area (Å²) in [5.41, 5.74) is 2.21. The molecule has 1 N–H and O–H groups in total. The maximum atomic E-state index is 11.3. The third-order valence-electron chi connectivity index (χ3n) is 4.12. The fraction of sp³-hybridized carbons (Fsp3) is 0.467. The van der Waals surface area contributed by atoms with Gasteiger partial charge in [-0.3, -0.25) is 9.69 Å². The summed E-state index contributed by atoms with van der Waals surface area (Å²) in [6.45, 7) is 3.71. The summed E-state index contributed by atoms with van der Waals surface area (Å²) in [6.07, 6.45) is 1.73. The van der Waals surface area contributed by atoms with Crippen LogP contribution < -0.4 is 0 Å². The quantitative estimate of drug-likeness (QED) is 0.935. The van der Waals surface area contributed by atoms with Crippen LogP contribution in [-0.2, 0) is 11.3 Å². The van der Waals surface area contributed by atoms with E-state index in [4.69, 9.17) is 0 Å². The van der Waals surface area contributed by atoms with Crippen LogP contribution >= 0.6 is 22.7 Å². The summed E-state index contributed by atoms with van der Waals surface area (Å²) in [5, 5.41) is 16.6. The van der Waals surface area contributed by atoms with Gasteiger partial charge in [-0.15, -0.1) is 11.3 Å². The Labute approximate surface area is 132 Å². The lowest BCUT2D eigenvalue weighted by Gasteiger charge is -2.37. The lowest BCUT2D eigenvalue weighted by atomic mass is 9.90. The number of nitrogens with zero attached hydrogens (tertiary/aromatic N) is 2. The van der Waals surface area contributed by atoms with E-state index in [1.165, 1.54) is 5.56 Å². The number of hydrogen-bond donors (Lipinski definition) is 1. The number of piperidine rings is 1. The van der Waals surface area contributed by atoms with Gasteiger partial charge in [0.2, 0.25) is 0 Å². The van der Waals surface area contributed by atoms with Crippen molar-refractivity contribution in [2.24, 2.45) is 5.92 Å². The Morgan fingerprint density at radius 1 is 1.52 bits per heavy atom. The van der Waals surface area contributed by atoms with Crippen LogP contribution in [0, 0.1) is 5.92 Å². The van der Waals surface area contributed by atoms with E-state index in [9.17, 15) is 9.90 Å². The first-order valence-corrected chi connectivity index (χ1v) is 8.91. The SMILES string of the molecule is C[C@@H]1[C@H](C(=O)O)CCCN1Cc1csc(-c2ccsc2)n1. The van der Waals surface area contributed by atoms with Crippen molar-refractivity contribution in [3.8, 4) is 10.6 Å². The van der Waals surface area contributed by atoms with E-state index in [1.54, 1.807) is 22.7 Å². The van der Waals surface area contributed by atoms with Crippen molar-refractivity contribution < 1.29 is 9.90 Å². The molecule has 0 radical (unpaired) electrons. The maximum Gasteiger partial charge on any atom is 0.308 e. The van der Waals surface area contributed by atoms with Gasteiger partial charge in [-0.1, -0.05) is 0 Å². The van der Waals surface area contributed by atoms with Crippen molar-refractivity contribution >= 4 is 28.6 Å². The zero-order valence-corrected chi connectivity index (χ0v) is 13.5. The Morgan fingerprint density at radius 2 is 2.38 bits per heavy atom. The normalized spacial score (nSPS) is 23.3. The van der Waals surface area contributed by atoms with Crippen molar-refractivity contribution in [2.45, 2.75) is 32.4 Å². The lowest BCUT2D eigenvalue weighted by molar-refractivity contribution is -0.145. The highest BCUT2D eigenvalue weighted by atomic mass is 32.1. The average molecular weight is 322 g/mol. The highest BCUT2D eigenvalue weighted by molar-refractivity contribution is 7.14. The Morgan fingerprint density at radius 3 is 3.10 bits per heavy atom. The van der Waals surface area contributed by atoms with E-state index < -0.39 is 5.97 Å². The fourth-order valence-corrected chi connectivity index (χ4v) is 4.40. The molecule has 2 aromatic heterocycles. The van der Waals surface area contributed by atoms with Gasteiger partial charge < -0.3 is 5.11 Å². The highest BCUT2D eigenvalue weighted by Gasteiger charge is 2.32. The number of likely N-dealkylation sites (tertiary alicyclic amines) is 1. The minimum Gasteiger partial charge on any atom is -0.481 e. The smallest absolute Gasteiger partial charge is 0.308 e. The molecule has 3 rings (SSSR count). The summed E-state index contributed by atoms with van der Waals surface area (Å²) in [4.78, 5) is 18.2. The predicted molar refractivity (Wildman–Crippen MR) is 85.7 cm³/mol. The van der Waals surface area contributed by atoms with Crippen LogP contribution in [0.2, 0.25) is 0 Å². The molecule has 1 aliphatic rings. The topological polar surface area (TPSA) is 53.4 Å². The van der Waals surface area contributed by atoms with Gasteiger partial charge in [0.15, 0.2) is 0 Å². The molecule has 2 aromatic rings. The van der Waals surface area contributed by atoms with E-state index in [0.717, 1.165) is 36.6 Å². The van der Waals surface area contributed by atoms with Gasteiger partial charge in [0.25, 0.3) is 0 Å². The minimum atomic E-state index is -0.676. The van der Waals surface area contributed by atoms with E-state index in [-0.39, 0.29) is 12.0 Å². The number of thiophene rings is 1. The summed E-state index contributed by atoms with van der Waals surface area (Å²) >= 11 is 3.33. The van der Waals surface area contributed by atoms with Gasteiger partial charge in [-0.05, 0) is 37.8 Å². The highest BCUT2D eigenvalue weighted by Crippen LogP contribution is 2.28. The fourth-order valence-electron chi connectivity index (χ4n) is 2.87. The Balaban J connectivity index is 1.70. The summed E-state index contributed by atoms with van der Waals surface area (Å²) in [5.74, 6) is -0.932. The van der Waals surface area contributed by atoms with E-state index in [2.05, 4.69) is 32.1 Å². The molecule has 1 aliphatic heterocycles. The largest absolute Gasteiger partial charge is 0.481 e. The Bertz CT molecular complexity index is 609. The first kappa shape index (κ1) is 14.7. The average Bonchev–Trinajstić information content (AvgIpc) is 3.11. The summed E-state index contributed by atoms with van der Waals surface area (Å²) in [7, 11) is 0. The van der Waals surface area contributed by atoms with Crippen LogP contribution in [-0.4, -0.2) is 33.5 Å². The predicted octanol–water partition coefficient (Wildman–Crippen LogP) is 3.56. The van der Waals surface area contributed by atoms with Crippen LogP contribution in [0.3, 0.4) is 0 Å². The van der Waals surface area contributed by atoms with E-state index in [0.29, 0.717) is 0 Å². The number of rotatable bonds is 4. The van der Waals surface area contributed by atoms with Crippen LogP contribution in [0.25, 0.3) is 10.6 Å². The standard InChI is InChI=1S/C15H18N2O2S2/c1-10-13(15(18)19)3-2-5-17(10)7-12-9-21-14(16-12)11-4-6-20-8-11/h4,6,8-10,13H,2-3,5,7H2,1H3,(H,18,19)/t10-,13-/m1/s1. The molecule has 0 aliphatic carbocycles. The zero-order valence-electron chi connectivity index (χ0n) is 11.9. The number of aromatic nitrogens is 1. The van der Waals surface area contributed by atoms with Gasteiger partial charge in [-0.25, -0.2) is 4.98 Å². The molecule has 4 nitrogen and oxygen atoms in total. The van der Waals surface area contributed by atoms with Crippen LogP contribution in [0.15, 0.2) is 22.2 Å². The second-order valence-electron chi connectivity index (χ2n) is 5.45. The first-order valence-electron chi connectivity index (χ1n) is 7.09. The van der Waals surface area contributed by atoms with E-state index >= 15 is 0 Å². The van der Waals surface area contributed by atoms with Crippen LogP contribution in [0.4, 0.5) is 0 Å². The molecule has 1 saturated heterocycles. The van der Waals surface area contributed by atoms with Crippen molar-refractivity contribution in [3.63, 3.8) is 0 Å². The van der Waals surface area contributed by atoms with Gasteiger partial charge >= 0.3 is 5.97 Å². The first-order chi connectivity index (χ1) is 10.1. The maximum absolute atomic E-state index is 11.3. The number of carbonyl (C=O) groups is 1. The number of thiazole rings is 1. The van der Waals surface area contributed by atoms with E-state index in [1.807, 2.05) is 6.92 Å². The molecule has 0 aromatic carbocycles. The molecule has 6 heteroatoms. The molecule has 1 fully saturated rings. The molecular formula is C15H18N2O2S2. The van der Waals surface area contributed by atoms with Gasteiger partial charge in [0, 0.05) is 28.9 Å². The Kier molecular flexibility index (Phi) is 4.37. The second kappa shape index (κ2) is 6.25. The number of hydrogen-bond acceptors (Lipinski definition) is 5. The molecule has 0 saturated carbocycles. The molecule has 0 bridgehead atoms. The van der Waals surface area contributed by atoms with Crippen LogP contribution in [0.1, 0.15) is 25.5 Å². The molecule has 112 valence electrons. The van der Waals surface area contributed by atoms with Gasteiger partial charge in [0.1, 0.15) is 5.01 Å². The molecule has 2 atom stereocenters. The third kappa shape index (κ3) is 3.17. The number of aliphatic carboxylic acids is 1. The molecule has 0 amide bonds. The minimum absolute atomic E-state index is 0.0718. The third-order valence-corrected chi connectivity index (χ3v) is 5.74. The second-order valence-corrected chi connectivity index (χ2v) is 7.09. The summed E-state index contributed by atoms with van der Waals surface area (Å²) in [6, 6.07) is 2.15. The van der Waals surface area contributed by atoms with Gasteiger partial charge in [-0.2, -0.15) is 11.3 Å². The number of carboxylic acids is 1. The van der Waals surface area contributed by atoms with Crippen molar-refractivity contribution in [1.29, 1.82) is 0 Å². The lowest BCUT2D eigenvalue weighted by Crippen LogP contribution is -2.45. The molecule has 0 unspecified atom stereocenters. The number of carboxylic acid groups (broad SMARTS) is 1. The monoisotopic (exact) mass is 322 g/mol. The zero-order chi connectivity index (χ0) is 14.8. The Hall–Kier alpha value is -1.24. The van der Waals surface area contributed by atoms with Crippen LogP contribution in [0.5, 0.6) is 0 Å². The molecule has 21 heavy (non-hydrogen) atoms.